The summed E-state index contributed by atoms with van der Waals surface area (Å²) in [7, 11) is 0. The molecule has 1 nitrogen and oxygen atoms in total. The van der Waals surface area contributed by atoms with E-state index in [1.807, 2.05) is 42.5 Å². The maximum absolute atomic E-state index is 12.8. The van der Waals surface area contributed by atoms with Crippen molar-refractivity contribution in [1.29, 1.82) is 0 Å². The minimum Gasteiger partial charge on any atom is -0.294 e. The Morgan fingerprint density at radius 2 is 1.77 bits per heavy atom. The first-order chi connectivity index (χ1) is 10.6. The van der Waals surface area contributed by atoms with Gasteiger partial charge in [-0.15, -0.1) is 0 Å². The number of Topliss-reactive ketones (excluding diaryl/α,β-unsaturated/α-hetero) is 1. The summed E-state index contributed by atoms with van der Waals surface area (Å²) in [6.45, 7) is 4.24. The van der Waals surface area contributed by atoms with E-state index in [-0.39, 0.29) is 11.7 Å². The van der Waals surface area contributed by atoms with E-state index in [4.69, 9.17) is 11.6 Å². The Kier molecular flexibility index (Phi) is 6.21. The molecule has 0 radical (unpaired) electrons. The Hall–Kier alpha value is -1.60. The molecule has 1 atom stereocenters. The van der Waals surface area contributed by atoms with E-state index in [0.717, 1.165) is 36.3 Å². The van der Waals surface area contributed by atoms with Gasteiger partial charge in [0, 0.05) is 16.5 Å². The second-order valence-corrected chi connectivity index (χ2v) is 6.17. The van der Waals surface area contributed by atoms with Crippen LogP contribution in [0.3, 0.4) is 0 Å². The van der Waals surface area contributed by atoms with Crippen LogP contribution in [-0.2, 0) is 12.8 Å². The van der Waals surface area contributed by atoms with Crippen LogP contribution in [0.4, 0.5) is 0 Å². The molecule has 0 saturated carbocycles. The van der Waals surface area contributed by atoms with Gasteiger partial charge in [0.2, 0.25) is 0 Å². The Morgan fingerprint density at radius 3 is 2.41 bits per heavy atom. The van der Waals surface area contributed by atoms with Crippen molar-refractivity contribution in [3.63, 3.8) is 0 Å². The summed E-state index contributed by atoms with van der Waals surface area (Å²) in [5.74, 6) is 0.297. The molecule has 2 heteroatoms. The summed E-state index contributed by atoms with van der Waals surface area (Å²) in [4.78, 5) is 12.8. The van der Waals surface area contributed by atoms with Crippen LogP contribution in [0.15, 0.2) is 48.5 Å². The van der Waals surface area contributed by atoms with Gasteiger partial charge in [0.25, 0.3) is 0 Å². The number of rotatable bonds is 7. The number of hydrogen-bond acceptors (Lipinski definition) is 1. The van der Waals surface area contributed by atoms with E-state index in [2.05, 4.69) is 19.9 Å². The molecular weight excluding hydrogens is 292 g/mol. The number of halogens is 1. The standard InChI is InChI=1S/C20H23ClO/c1-3-6-17(14-16-9-11-19(21)12-10-16)20(22)18-8-5-7-15(4-2)13-18/h5,7-13,17H,3-4,6,14H2,1-2H3. The van der Waals surface area contributed by atoms with E-state index >= 15 is 0 Å². The minimum atomic E-state index is 0.0401. The van der Waals surface area contributed by atoms with Crippen LogP contribution in [-0.4, -0.2) is 5.78 Å². The van der Waals surface area contributed by atoms with Crippen molar-refractivity contribution in [3.05, 3.63) is 70.2 Å². The van der Waals surface area contributed by atoms with Crippen molar-refractivity contribution in [1.82, 2.24) is 0 Å². The number of hydrogen-bond donors (Lipinski definition) is 0. The number of carbonyl (C=O) groups is 1. The van der Waals surface area contributed by atoms with Gasteiger partial charge in [-0.05, 0) is 48.6 Å². The lowest BCUT2D eigenvalue weighted by atomic mass is 9.87. The maximum atomic E-state index is 12.8. The second-order valence-electron chi connectivity index (χ2n) is 5.73. The number of ketones is 1. The van der Waals surface area contributed by atoms with E-state index < -0.39 is 0 Å². The fraction of sp³-hybridized carbons (Fsp3) is 0.350. The van der Waals surface area contributed by atoms with Gasteiger partial charge in [-0.25, -0.2) is 0 Å². The molecule has 22 heavy (non-hydrogen) atoms. The van der Waals surface area contributed by atoms with Gasteiger partial charge in [-0.3, -0.25) is 4.79 Å². The van der Waals surface area contributed by atoms with E-state index in [1.165, 1.54) is 11.1 Å². The van der Waals surface area contributed by atoms with Gasteiger partial charge in [0.15, 0.2) is 5.78 Å². The van der Waals surface area contributed by atoms with Gasteiger partial charge in [-0.2, -0.15) is 0 Å². The SMILES string of the molecule is CCCC(Cc1ccc(Cl)cc1)C(=O)c1cccc(CC)c1. The fourth-order valence-electron chi connectivity index (χ4n) is 2.76. The van der Waals surface area contributed by atoms with Crippen molar-refractivity contribution >= 4 is 17.4 Å². The lowest BCUT2D eigenvalue weighted by Gasteiger charge is -2.16. The summed E-state index contributed by atoms with van der Waals surface area (Å²) in [6, 6.07) is 15.8. The molecule has 0 N–H and O–H groups in total. The normalized spacial score (nSPS) is 12.1. The van der Waals surface area contributed by atoms with E-state index in [9.17, 15) is 4.79 Å². The van der Waals surface area contributed by atoms with Gasteiger partial charge in [0.05, 0.1) is 0 Å². The van der Waals surface area contributed by atoms with E-state index in [0.29, 0.717) is 0 Å². The quantitative estimate of drug-likeness (QED) is 0.595. The van der Waals surface area contributed by atoms with Crippen LogP contribution in [0.2, 0.25) is 5.02 Å². The maximum Gasteiger partial charge on any atom is 0.166 e. The van der Waals surface area contributed by atoms with Crippen LogP contribution in [0, 0.1) is 5.92 Å². The van der Waals surface area contributed by atoms with E-state index in [1.54, 1.807) is 0 Å². The Labute approximate surface area is 138 Å². The Morgan fingerprint density at radius 1 is 1.05 bits per heavy atom. The predicted octanol–water partition coefficient (Wildman–Crippen LogP) is 5.74. The van der Waals surface area contributed by atoms with Crippen LogP contribution < -0.4 is 0 Å². The molecule has 0 fully saturated rings. The van der Waals surface area contributed by atoms with Crippen molar-refractivity contribution < 1.29 is 4.79 Å². The molecule has 2 rings (SSSR count). The molecular formula is C20H23ClO. The third-order valence-electron chi connectivity index (χ3n) is 4.02. The molecule has 2 aromatic rings. The topological polar surface area (TPSA) is 17.1 Å². The fourth-order valence-corrected chi connectivity index (χ4v) is 2.89. The highest BCUT2D eigenvalue weighted by molar-refractivity contribution is 6.30. The number of benzene rings is 2. The molecule has 0 aliphatic heterocycles. The van der Waals surface area contributed by atoms with Crippen molar-refractivity contribution in [2.24, 2.45) is 5.92 Å². The largest absolute Gasteiger partial charge is 0.294 e. The molecule has 0 spiro atoms. The monoisotopic (exact) mass is 314 g/mol. The molecule has 116 valence electrons. The third kappa shape index (κ3) is 4.45. The summed E-state index contributed by atoms with van der Waals surface area (Å²) in [6.07, 6.45) is 3.66. The molecule has 0 amide bonds. The van der Waals surface area contributed by atoms with Crippen LogP contribution in [0.1, 0.15) is 48.2 Å². The van der Waals surface area contributed by atoms with Crippen molar-refractivity contribution in [2.45, 2.75) is 39.5 Å². The zero-order valence-electron chi connectivity index (χ0n) is 13.3. The molecule has 0 aliphatic carbocycles. The highest BCUT2D eigenvalue weighted by Gasteiger charge is 2.20. The van der Waals surface area contributed by atoms with Gasteiger partial charge < -0.3 is 0 Å². The zero-order chi connectivity index (χ0) is 15.9. The first-order valence-corrected chi connectivity index (χ1v) is 8.39. The van der Waals surface area contributed by atoms with Crippen LogP contribution in [0.25, 0.3) is 0 Å². The molecule has 2 aromatic carbocycles. The predicted molar refractivity (Wildman–Crippen MR) is 93.7 cm³/mol. The smallest absolute Gasteiger partial charge is 0.166 e. The lowest BCUT2D eigenvalue weighted by Crippen LogP contribution is -2.17. The van der Waals surface area contributed by atoms with Gasteiger partial charge >= 0.3 is 0 Å². The number of carbonyl (C=O) groups excluding carboxylic acids is 1. The third-order valence-corrected chi connectivity index (χ3v) is 4.28. The Balaban J connectivity index is 2.18. The molecule has 0 heterocycles. The molecule has 1 unspecified atom stereocenters. The molecule has 0 saturated heterocycles. The average Bonchev–Trinajstić information content (AvgIpc) is 2.56. The van der Waals surface area contributed by atoms with Gasteiger partial charge in [0.1, 0.15) is 0 Å². The number of aryl methyl sites for hydroxylation is 1. The summed E-state index contributed by atoms with van der Waals surface area (Å²) >= 11 is 5.93. The summed E-state index contributed by atoms with van der Waals surface area (Å²) in [5, 5.41) is 0.734. The zero-order valence-corrected chi connectivity index (χ0v) is 14.1. The van der Waals surface area contributed by atoms with Crippen molar-refractivity contribution in [2.75, 3.05) is 0 Å². The average molecular weight is 315 g/mol. The van der Waals surface area contributed by atoms with Crippen LogP contribution in [0.5, 0.6) is 0 Å². The highest BCUT2D eigenvalue weighted by atomic mass is 35.5. The van der Waals surface area contributed by atoms with Crippen molar-refractivity contribution in [3.8, 4) is 0 Å². The summed E-state index contributed by atoms with van der Waals surface area (Å²) < 4.78 is 0. The molecule has 0 aromatic heterocycles. The Bertz CT molecular complexity index is 616. The molecule has 0 bridgehead atoms. The highest BCUT2D eigenvalue weighted by Crippen LogP contribution is 2.21. The molecule has 0 aliphatic rings. The second kappa shape index (κ2) is 8.14. The van der Waals surface area contributed by atoms with Gasteiger partial charge in [-0.1, -0.05) is 62.2 Å². The first-order valence-electron chi connectivity index (χ1n) is 8.01. The van der Waals surface area contributed by atoms with Crippen LogP contribution >= 0.6 is 11.6 Å². The first kappa shape index (κ1) is 16.8. The summed E-state index contributed by atoms with van der Waals surface area (Å²) in [5.41, 5.74) is 3.22. The minimum absolute atomic E-state index is 0.0401. The lowest BCUT2D eigenvalue weighted by molar-refractivity contribution is 0.0911.